The topological polar surface area (TPSA) is 29.3 Å². The molecule has 1 aliphatic rings. The minimum atomic E-state index is 0.364. The standard InChI is InChI=1S/C15H23BrN2/c1-2-8-18(11-12-6-7-12)15(10-17)13-4-3-5-14(16)9-13/h3-5,9,12,15H,2,6-8,10-11,17H2,1H3. The van der Waals surface area contributed by atoms with Gasteiger partial charge in [-0.2, -0.15) is 0 Å². The minimum Gasteiger partial charge on any atom is -0.329 e. The SMILES string of the molecule is CCCN(CC1CC1)C(CN)c1cccc(Br)c1. The highest BCUT2D eigenvalue weighted by atomic mass is 79.9. The van der Waals surface area contributed by atoms with E-state index in [4.69, 9.17) is 5.73 Å². The lowest BCUT2D eigenvalue weighted by atomic mass is 10.0. The largest absolute Gasteiger partial charge is 0.329 e. The van der Waals surface area contributed by atoms with Crippen LogP contribution in [-0.2, 0) is 0 Å². The van der Waals surface area contributed by atoms with E-state index in [1.54, 1.807) is 0 Å². The lowest BCUT2D eigenvalue weighted by Gasteiger charge is -2.31. The van der Waals surface area contributed by atoms with E-state index in [2.05, 4.69) is 52.0 Å². The van der Waals surface area contributed by atoms with Crippen LogP contribution in [-0.4, -0.2) is 24.5 Å². The number of nitrogens with two attached hydrogens (primary N) is 1. The number of nitrogens with zero attached hydrogens (tertiary/aromatic N) is 1. The van der Waals surface area contributed by atoms with E-state index >= 15 is 0 Å². The van der Waals surface area contributed by atoms with Gasteiger partial charge in [0, 0.05) is 23.6 Å². The summed E-state index contributed by atoms with van der Waals surface area (Å²) in [4.78, 5) is 2.57. The highest BCUT2D eigenvalue weighted by molar-refractivity contribution is 9.10. The molecule has 0 aliphatic heterocycles. The summed E-state index contributed by atoms with van der Waals surface area (Å²) in [5.74, 6) is 0.915. The van der Waals surface area contributed by atoms with Crippen molar-refractivity contribution in [3.63, 3.8) is 0 Å². The summed E-state index contributed by atoms with van der Waals surface area (Å²) >= 11 is 3.55. The van der Waals surface area contributed by atoms with Gasteiger partial charge in [0.1, 0.15) is 0 Å². The van der Waals surface area contributed by atoms with Crippen molar-refractivity contribution in [2.45, 2.75) is 32.2 Å². The van der Waals surface area contributed by atoms with Crippen LogP contribution < -0.4 is 5.73 Å². The second kappa shape index (κ2) is 6.69. The molecular weight excluding hydrogens is 288 g/mol. The molecular formula is C15H23BrN2. The summed E-state index contributed by atoms with van der Waals surface area (Å²) in [6.45, 7) is 5.30. The lowest BCUT2D eigenvalue weighted by Crippen LogP contribution is -2.36. The van der Waals surface area contributed by atoms with Crippen LogP contribution in [0.4, 0.5) is 0 Å². The smallest absolute Gasteiger partial charge is 0.0470 e. The van der Waals surface area contributed by atoms with Crippen LogP contribution in [0.5, 0.6) is 0 Å². The van der Waals surface area contributed by atoms with Crippen molar-refractivity contribution in [1.82, 2.24) is 4.90 Å². The van der Waals surface area contributed by atoms with E-state index in [9.17, 15) is 0 Å². The fraction of sp³-hybridized carbons (Fsp3) is 0.600. The Morgan fingerprint density at radius 2 is 2.22 bits per heavy atom. The van der Waals surface area contributed by atoms with Gasteiger partial charge >= 0.3 is 0 Å². The molecule has 0 bridgehead atoms. The third-order valence-electron chi connectivity index (χ3n) is 3.60. The Hall–Kier alpha value is -0.380. The van der Waals surface area contributed by atoms with Crippen molar-refractivity contribution >= 4 is 15.9 Å². The zero-order chi connectivity index (χ0) is 13.0. The fourth-order valence-electron chi connectivity index (χ4n) is 2.50. The number of rotatable bonds is 7. The Balaban J connectivity index is 2.12. The summed E-state index contributed by atoms with van der Waals surface area (Å²) in [6.07, 6.45) is 3.99. The highest BCUT2D eigenvalue weighted by Crippen LogP contribution is 2.33. The van der Waals surface area contributed by atoms with Crippen LogP contribution in [0.15, 0.2) is 28.7 Å². The van der Waals surface area contributed by atoms with Crippen molar-refractivity contribution in [3.8, 4) is 0 Å². The third kappa shape index (κ3) is 3.81. The van der Waals surface area contributed by atoms with E-state index < -0.39 is 0 Å². The van der Waals surface area contributed by atoms with Crippen LogP contribution >= 0.6 is 15.9 Å². The molecule has 0 heterocycles. The van der Waals surface area contributed by atoms with Gasteiger partial charge in [0.25, 0.3) is 0 Å². The van der Waals surface area contributed by atoms with Gasteiger partial charge in [0.05, 0.1) is 0 Å². The molecule has 2 rings (SSSR count). The molecule has 0 spiro atoms. The van der Waals surface area contributed by atoms with Crippen LogP contribution in [0.2, 0.25) is 0 Å². The Morgan fingerprint density at radius 3 is 2.78 bits per heavy atom. The first-order valence-electron chi connectivity index (χ1n) is 6.94. The summed E-state index contributed by atoms with van der Waals surface area (Å²) in [6, 6.07) is 8.93. The Morgan fingerprint density at radius 1 is 1.44 bits per heavy atom. The first-order valence-corrected chi connectivity index (χ1v) is 7.73. The number of benzene rings is 1. The molecule has 1 aromatic carbocycles. The number of halogens is 1. The van der Waals surface area contributed by atoms with E-state index in [0.29, 0.717) is 12.6 Å². The van der Waals surface area contributed by atoms with Crippen LogP contribution in [0.3, 0.4) is 0 Å². The first kappa shape index (κ1) is 14.0. The monoisotopic (exact) mass is 310 g/mol. The number of hydrogen-bond acceptors (Lipinski definition) is 2. The molecule has 2 nitrogen and oxygen atoms in total. The molecule has 0 radical (unpaired) electrons. The molecule has 1 fully saturated rings. The Labute approximate surface area is 119 Å². The van der Waals surface area contributed by atoms with Gasteiger partial charge in [-0.1, -0.05) is 35.0 Å². The normalized spacial score (nSPS) is 17.1. The van der Waals surface area contributed by atoms with Gasteiger partial charge < -0.3 is 5.73 Å². The summed E-state index contributed by atoms with van der Waals surface area (Å²) in [7, 11) is 0. The van der Waals surface area contributed by atoms with Crippen molar-refractivity contribution in [3.05, 3.63) is 34.3 Å². The molecule has 1 atom stereocenters. The Bertz CT molecular complexity index is 377. The predicted molar refractivity (Wildman–Crippen MR) is 80.5 cm³/mol. The average Bonchev–Trinajstić information content (AvgIpc) is 3.14. The quantitative estimate of drug-likeness (QED) is 0.834. The van der Waals surface area contributed by atoms with Crippen molar-refractivity contribution in [2.24, 2.45) is 11.7 Å². The predicted octanol–water partition coefficient (Wildman–Crippen LogP) is 3.57. The maximum absolute atomic E-state index is 6.03. The molecule has 0 saturated heterocycles. The average molecular weight is 311 g/mol. The fourth-order valence-corrected chi connectivity index (χ4v) is 2.92. The first-order chi connectivity index (χ1) is 8.74. The third-order valence-corrected chi connectivity index (χ3v) is 4.09. The van der Waals surface area contributed by atoms with Crippen molar-refractivity contribution < 1.29 is 0 Å². The van der Waals surface area contributed by atoms with E-state index in [1.807, 2.05) is 0 Å². The molecule has 1 unspecified atom stereocenters. The second-order valence-electron chi connectivity index (χ2n) is 5.24. The van der Waals surface area contributed by atoms with Gasteiger partial charge in [0.2, 0.25) is 0 Å². The lowest BCUT2D eigenvalue weighted by molar-refractivity contribution is 0.193. The van der Waals surface area contributed by atoms with Crippen LogP contribution in [0, 0.1) is 5.92 Å². The van der Waals surface area contributed by atoms with Crippen molar-refractivity contribution in [1.29, 1.82) is 0 Å². The molecule has 3 heteroatoms. The maximum Gasteiger partial charge on any atom is 0.0470 e. The van der Waals surface area contributed by atoms with E-state index in [0.717, 1.165) is 16.9 Å². The van der Waals surface area contributed by atoms with Crippen LogP contribution in [0.1, 0.15) is 37.8 Å². The Kier molecular flexibility index (Phi) is 5.22. The molecule has 100 valence electrons. The molecule has 1 aromatic rings. The minimum absolute atomic E-state index is 0.364. The molecule has 0 amide bonds. The van der Waals surface area contributed by atoms with Gasteiger partial charge in [-0.15, -0.1) is 0 Å². The van der Waals surface area contributed by atoms with E-state index in [-0.39, 0.29) is 0 Å². The van der Waals surface area contributed by atoms with Crippen molar-refractivity contribution in [2.75, 3.05) is 19.6 Å². The second-order valence-corrected chi connectivity index (χ2v) is 6.16. The zero-order valence-electron chi connectivity index (χ0n) is 11.1. The maximum atomic E-state index is 6.03. The molecule has 0 aromatic heterocycles. The van der Waals surface area contributed by atoms with Gasteiger partial charge in [-0.25, -0.2) is 0 Å². The molecule has 2 N–H and O–H groups in total. The van der Waals surface area contributed by atoms with Gasteiger partial charge in [-0.3, -0.25) is 4.90 Å². The molecule has 1 aliphatic carbocycles. The van der Waals surface area contributed by atoms with Gasteiger partial charge in [-0.05, 0) is 49.4 Å². The molecule has 1 saturated carbocycles. The summed E-state index contributed by atoms with van der Waals surface area (Å²) < 4.78 is 1.14. The summed E-state index contributed by atoms with van der Waals surface area (Å²) in [5, 5.41) is 0. The number of hydrogen-bond donors (Lipinski definition) is 1. The van der Waals surface area contributed by atoms with Gasteiger partial charge in [0.15, 0.2) is 0 Å². The summed E-state index contributed by atoms with van der Waals surface area (Å²) in [5.41, 5.74) is 7.36. The highest BCUT2D eigenvalue weighted by Gasteiger charge is 2.27. The molecule has 18 heavy (non-hydrogen) atoms. The zero-order valence-corrected chi connectivity index (χ0v) is 12.7. The van der Waals surface area contributed by atoms with Crippen LogP contribution in [0.25, 0.3) is 0 Å². The van der Waals surface area contributed by atoms with E-state index in [1.165, 1.54) is 31.4 Å².